The van der Waals surface area contributed by atoms with Gasteiger partial charge in [-0.2, -0.15) is 0 Å². The number of nitrogens with one attached hydrogen (secondary N) is 1. The summed E-state index contributed by atoms with van der Waals surface area (Å²) in [6.45, 7) is 6.42. The fourth-order valence-electron chi connectivity index (χ4n) is 4.01. The van der Waals surface area contributed by atoms with E-state index in [9.17, 15) is 4.79 Å². The number of likely N-dealkylation sites (N-methyl/N-ethyl adjacent to an activating group) is 1. The van der Waals surface area contributed by atoms with Gasteiger partial charge in [-0.15, -0.1) is 0 Å². The summed E-state index contributed by atoms with van der Waals surface area (Å²) in [5.41, 5.74) is 5.18. The molecule has 122 valence electrons. The van der Waals surface area contributed by atoms with Gasteiger partial charge in [0.15, 0.2) is 0 Å². The fourth-order valence-corrected chi connectivity index (χ4v) is 4.01. The van der Waals surface area contributed by atoms with Crippen LogP contribution in [0.1, 0.15) is 39.0 Å². The van der Waals surface area contributed by atoms with Crippen molar-refractivity contribution in [2.24, 2.45) is 11.7 Å². The zero-order chi connectivity index (χ0) is 15.5. The first-order valence-electron chi connectivity index (χ1n) is 8.40. The highest BCUT2D eigenvalue weighted by atomic mass is 16.1. The van der Waals surface area contributed by atoms with Gasteiger partial charge in [-0.1, -0.05) is 6.92 Å². The van der Waals surface area contributed by atoms with E-state index in [1.165, 1.54) is 25.9 Å². The first kappa shape index (κ1) is 16.7. The van der Waals surface area contributed by atoms with E-state index in [0.29, 0.717) is 6.04 Å². The lowest BCUT2D eigenvalue weighted by molar-refractivity contribution is -0.124. The van der Waals surface area contributed by atoms with Crippen LogP contribution in [0.5, 0.6) is 0 Å². The van der Waals surface area contributed by atoms with Gasteiger partial charge in [-0.25, -0.2) is 0 Å². The highest BCUT2D eigenvalue weighted by Crippen LogP contribution is 2.33. The topological polar surface area (TPSA) is 61.6 Å². The highest BCUT2D eigenvalue weighted by molar-refractivity contribution is 5.85. The maximum Gasteiger partial charge on any atom is 0.237 e. The fraction of sp³-hybridized carbons (Fsp3) is 0.938. The van der Waals surface area contributed by atoms with Crippen molar-refractivity contribution in [3.63, 3.8) is 0 Å². The van der Waals surface area contributed by atoms with Gasteiger partial charge in [0.25, 0.3) is 0 Å². The minimum absolute atomic E-state index is 0.181. The summed E-state index contributed by atoms with van der Waals surface area (Å²) in [6, 6.07) is 0.483. The Morgan fingerprint density at radius 1 is 1.38 bits per heavy atom. The van der Waals surface area contributed by atoms with Crippen LogP contribution >= 0.6 is 0 Å². The maximum absolute atomic E-state index is 11.8. The van der Waals surface area contributed by atoms with E-state index >= 15 is 0 Å². The van der Waals surface area contributed by atoms with Gasteiger partial charge in [-0.05, 0) is 71.8 Å². The number of hydrogen-bond donors (Lipinski definition) is 2. The smallest absolute Gasteiger partial charge is 0.237 e. The lowest BCUT2D eigenvalue weighted by Gasteiger charge is -2.34. The second kappa shape index (κ2) is 7.07. The molecule has 0 radical (unpaired) electrons. The van der Waals surface area contributed by atoms with Crippen LogP contribution < -0.4 is 11.1 Å². The van der Waals surface area contributed by atoms with E-state index in [4.69, 9.17) is 5.73 Å². The van der Waals surface area contributed by atoms with Gasteiger partial charge in [0.2, 0.25) is 5.91 Å². The Morgan fingerprint density at radius 2 is 2.05 bits per heavy atom. The van der Waals surface area contributed by atoms with Crippen LogP contribution in [0, 0.1) is 5.92 Å². The molecule has 2 fully saturated rings. The summed E-state index contributed by atoms with van der Waals surface area (Å²) in [5, 5.41) is 3.34. The van der Waals surface area contributed by atoms with Crippen LogP contribution in [0.25, 0.3) is 0 Å². The third kappa shape index (κ3) is 3.96. The van der Waals surface area contributed by atoms with Crippen LogP contribution in [0.2, 0.25) is 0 Å². The van der Waals surface area contributed by atoms with Crippen LogP contribution in [-0.2, 0) is 4.79 Å². The van der Waals surface area contributed by atoms with Crippen LogP contribution in [0.3, 0.4) is 0 Å². The average molecular weight is 296 g/mol. The summed E-state index contributed by atoms with van der Waals surface area (Å²) >= 11 is 0. The maximum atomic E-state index is 11.8. The zero-order valence-corrected chi connectivity index (χ0v) is 13.9. The Balaban J connectivity index is 1.86. The number of amides is 1. The molecule has 0 spiro atoms. The van der Waals surface area contributed by atoms with E-state index < -0.39 is 5.54 Å². The van der Waals surface area contributed by atoms with Crippen LogP contribution in [0.4, 0.5) is 0 Å². The van der Waals surface area contributed by atoms with Gasteiger partial charge < -0.3 is 20.9 Å². The molecule has 0 aromatic heterocycles. The third-order valence-corrected chi connectivity index (χ3v) is 5.48. The molecule has 0 aromatic carbocycles. The molecule has 1 amide bonds. The molecule has 21 heavy (non-hydrogen) atoms. The summed E-state index contributed by atoms with van der Waals surface area (Å²) < 4.78 is 0. The molecule has 1 heterocycles. The molecule has 2 unspecified atom stereocenters. The van der Waals surface area contributed by atoms with E-state index in [1.807, 2.05) is 6.92 Å². The zero-order valence-electron chi connectivity index (χ0n) is 13.9. The minimum Gasteiger partial charge on any atom is -0.368 e. The normalized spacial score (nSPS) is 31.9. The number of nitrogens with two attached hydrogens (primary N) is 1. The van der Waals surface area contributed by atoms with Crippen molar-refractivity contribution < 1.29 is 4.79 Å². The van der Waals surface area contributed by atoms with E-state index in [0.717, 1.165) is 38.3 Å². The second-order valence-corrected chi connectivity index (χ2v) is 7.06. The Bertz CT molecular complexity index is 354. The lowest BCUT2D eigenvalue weighted by Crippen LogP contribution is -2.54. The molecule has 2 atom stereocenters. The third-order valence-electron chi connectivity index (χ3n) is 5.48. The Labute approximate surface area is 129 Å². The molecular weight excluding hydrogens is 264 g/mol. The molecule has 1 aliphatic heterocycles. The summed E-state index contributed by atoms with van der Waals surface area (Å²) in [6.07, 6.45) is 5.39. The molecule has 1 aliphatic carbocycles. The van der Waals surface area contributed by atoms with Crippen LogP contribution in [-0.4, -0.2) is 67.6 Å². The number of carbonyl (C=O) groups excluding carboxylic acids is 1. The summed E-state index contributed by atoms with van der Waals surface area (Å²) in [4.78, 5) is 16.7. The Morgan fingerprint density at radius 3 is 2.62 bits per heavy atom. The largest absolute Gasteiger partial charge is 0.368 e. The molecule has 1 saturated carbocycles. The van der Waals surface area contributed by atoms with Crippen molar-refractivity contribution in [1.82, 2.24) is 15.1 Å². The van der Waals surface area contributed by atoms with E-state index in [-0.39, 0.29) is 5.91 Å². The van der Waals surface area contributed by atoms with Gasteiger partial charge in [0.05, 0.1) is 5.54 Å². The van der Waals surface area contributed by atoms with E-state index in [2.05, 4.69) is 29.2 Å². The molecule has 0 bridgehead atoms. The van der Waals surface area contributed by atoms with Crippen LogP contribution in [0.15, 0.2) is 0 Å². The molecule has 2 rings (SSSR count). The number of carbonyl (C=O) groups is 1. The van der Waals surface area contributed by atoms with Crippen molar-refractivity contribution in [3.05, 3.63) is 0 Å². The first-order chi connectivity index (χ1) is 9.97. The minimum atomic E-state index is -0.472. The summed E-state index contributed by atoms with van der Waals surface area (Å²) in [5.74, 6) is 0.619. The SMILES string of the molecule is CCNC1(C(N)=O)CCC(N(C)CC2CCN(C)CC2)C1. The number of piperidine rings is 1. The van der Waals surface area contributed by atoms with Crippen molar-refractivity contribution in [1.29, 1.82) is 0 Å². The van der Waals surface area contributed by atoms with Gasteiger partial charge in [0.1, 0.15) is 0 Å². The first-order valence-corrected chi connectivity index (χ1v) is 8.40. The van der Waals surface area contributed by atoms with Crippen molar-refractivity contribution in [2.75, 3.05) is 40.3 Å². The van der Waals surface area contributed by atoms with Crippen molar-refractivity contribution >= 4 is 5.91 Å². The molecule has 3 N–H and O–H groups in total. The number of nitrogens with zero attached hydrogens (tertiary/aromatic N) is 2. The predicted octanol–water partition coefficient (Wildman–Crippen LogP) is 0.646. The second-order valence-electron chi connectivity index (χ2n) is 7.06. The summed E-state index contributed by atoms with van der Waals surface area (Å²) in [7, 11) is 4.42. The molecule has 5 heteroatoms. The quantitative estimate of drug-likeness (QED) is 0.755. The Kier molecular flexibility index (Phi) is 5.63. The van der Waals surface area contributed by atoms with Crippen molar-refractivity contribution in [2.45, 2.75) is 50.6 Å². The standard InChI is InChI=1S/C16H32N4O/c1-4-18-16(15(17)21)8-5-14(11-16)20(3)12-13-6-9-19(2)10-7-13/h13-14,18H,4-12H2,1-3H3,(H2,17,21). The lowest BCUT2D eigenvalue weighted by atomic mass is 9.94. The number of hydrogen-bond acceptors (Lipinski definition) is 4. The molecule has 1 saturated heterocycles. The molecule has 5 nitrogen and oxygen atoms in total. The number of likely N-dealkylation sites (tertiary alicyclic amines) is 1. The van der Waals surface area contributed by atoms with Gasteiger partial charge in [0, 0.05) is 12.6 Å². The molecule has 0 aromatic rings. The van der Waals surface area contributed by atoms with Gasteiger partial charge in [-0.3, -0.25) is 4.79 Å². The average Bonchev–Trinajstić information content (AvgIpc) is 2.88. The number of rotatable bonds is 6. The van der Waals surface area contributed by atoms with E-state index in [1.54, 1.807) is 0 Å². The monoisotopic (exact) mass is 296 g/mol. The molecular formula is C16H32N4O. The predicted molar refractivity (Wildman–Crippen MR) is 86.1 cm³/mol. The van der Waals surface area contributed by atoms with Crippen molar-refractivity contribution in [3.8, 4) is 0 Å². The Hall–Kier alpha value is -0.650. The number of primary amides is 1. The highest BCUT2D eigenvalue weighted by Gasteiger charge is 2.44. The molecule has 2 aliphatic rings. The van der Waals surface area contributed by atoms with Gasteiger partial charge >= 0.3 is 0 Å².